The molecular formula is C16H18ClNO5. The first-order valence-corrected chi connectivity index (χ1v) is 7.68. The fraction of sp³-hybridized carbons (Fsp3) is 0.438. The minimum atomic E-state index is -1.26. The van der Waals surface area contributed by atoms with E-state index in [2.05, 4.69) is 0 Å². The lowest BCUT2D eigenvalue weighted by Crippen LogP contribution is -2.54. The monoisotopic (exact) mass is 339 g/mol. The number of benzene rings is 1. The number of carboxylic acid groups (broad SMARTS) is 1. The number of amides is 1. The maximum absolute atomic E-state index is 12.7. The van der Waals surface area contributed by atoms with Crippen molar-refractivity contribution in [3.8, 4) is 0 Å². The Labute approximate surface area is 139 Å². The van der Waals surface area contributed by atoms with E-state index in [1.54, 1.807) is 24.3 Å². The van der Waals surface area contributed by atoms with Crippen LogP contribution in [0.15, 0.2) is 24.3 Å². The Bertz CT molecular complexity index is 633. The molecule has 0 saturated heterocycles. The maximum Gasteiger partial charge on any atom is 0.411 e. The number of halogens is 1. The molecular weight excluding hydrogens is 322 g/mol. The lowest BCUT2D eigenvalue weighted by atomic mass is 9.74. The summed E-state index contributed by atoms with van der Waals surface area (Å²) in [5, 5.41) is 9.04. The van der Waals surface area contributed by atoms with Crippen LogP contribution >= 0.6 is 11.6 Å². The highest BCUT2D eigenvalue weighted by atomic mass is 35.5. The van der Waals surface area contributed by atoms with Gasteiger partial charge in [0.1, 0.15) is 5.54 Å². The molecule has 0 bridgehead atoms. The minimum Gasteiger partial charge on any atom is -0.479 e. The number of aliphatic carboxylic acids is 1. The van der Waals surface area contributed by atoms with Gasteiger partial charge in [0.05, 0.1) is 0 Å². The van der Waals surface area contributed by atoms with Crippen molar-refractivity contribution >= 4 is 29.4 Å². The lowest BCUT2D eigenvalue weighted by molar-refractivity contribution is -0.141. The predicted molar refractivity (Wildman–Crippen MR) is 83.4 cm³/mol. The smallest absolute Gasteiger partial charge is 0.411 e. The number of ether oxygens (including phenoxy) is 1. The van der Waals surface area contributed by atoms with E-state index in [-0.39, 0.29) is 5.78 Å². The molecule has 23 heavy (non-hydrogen) atoms. The van der Waals surface area contributed by atoms with Crippen molar-refractivity contribution in [1.82, 2.24) is 4.90 Å². The molecule has 0 aromatic heterocycles. The first-order valence-electron chi connectivity index (χ1n) is 7.30. The Balaban J connectivity index is 2.42. The van der Waals surface area contributed by atoms with E-state index < -0.39 is 24.2 Å². The van der Waals surface area contributed by atoms with E-state index in [4.69, 9.17) is 21.4 Å². The second-order valence-electron chi connectivity index (χ2n) is 5.48. The van der Waals surface area contributed by atoms with Gasteiger partial charge < -0.3 is 9.84 Å². The molecule has 1 aliphatic carbocycles. The normalized spacial score (nSPS) is 20.9. The highest BCUT2D eigenvalue weighted by Crippen LogP contribution is 2.42. The van der Waals surface area contributed by atoms with Crippen LogP contribution in [0.5, 0.6) is 0 Å². The second kappa shape index (κ2) is 7.00. The average molecular weight is 340 g/mol. The van der Waals surface area contributed by atoms with E-state index in [1.807, 2.05) is 0 Å². The van der Waals surface area contributed by atoms with E-state index in [1.165, 1.54) is 11.9 Å². The Morgan fingerprint density at radius 2 is 2.04 bits per heavy atom. The van der Waals surface area contributed by atoms with Crippen molar-refractivity contribution in [1.29, 1.82) is 0 Å². The fourth-order valence-corrected chi connectivity index (χ4v) is 3.30. The number of likely N-dealkylation sites (N-methyl/N-ethyl adjacent to an activating group) is 1. The van der Waals surface area contributed by atoms with Crippen molar-refractivity contribution in [3.05, 3.63) is 34.9 Å². The summed E-state index contributed by atoms with van der Waals surface area (Å²) in [6, 6.07) is 6.88. The van der Waals surface area contributed by atoms with Crippen molar-refractivity contribution < 1.29 is 24.2 Å². The summed E-state index contributed by atoms with van der Waals surface area (Å²) in [6.07, 6.45) is 1.41. The maximum atomic E-state index is 12.7. The Morgan fingerprint density at radius 1 is 1.35 bits per heavy atom. The van der Waals surface area contributed by atoms with Crippen LogP contribution in [0.4, 0.5) is 4.79 Å². The molecule has 0 aliphatic heterocycles. The van der Waals surface area contributed by atoms with Gasteiger partial charge >= 0.3 is 12.1 Å². The Morgan fingerprint density at radius 3 is 2.65 bits per heavy atom. The molecule has 0 heterocycles. The molecule has 6 nitrogen and oxygen atoms in total. The zero-order valence-electron chi connectivity index (χ0n) is 12.8. The molecule has 1 fully saturated rings. The number of hydrogen-bond donors (Lipinski definition) is 1. The average Bonchev–Trinajstić information content (AvgIpc) is 2.53. The number of carboxylic acids is 1. The van der Waals surface area contributed by atoms with Crippen LogP contribution in [0.1, 0.15) is 31.2 Å². The molecule has 1 N–H and O–H groups in total. The van der Waals surface area contributed by atoms with Crippen molar-refractivity contribution in [2.24, 2.45) is 0 Å². The number of hydrogen-bond acceptors (Lipinski definition) is 4. The summed E-state index contributed by atoms with van der Waals surface area (Å²) in [4.78, 5) is 36.7. The van der Waals surface area contributed by atoms with Gasteiger partial charge in [0, 0.05) is 24.1 Å². The van der Waals surface area contributed by atoms with Crippen LogP contribution < -0.4 is 0 Å². The number of nitrogens with zero attached hydrogens (tertiary/aromatic N) is 1. The van der Waals surface area contributed by atoms with Gasteiger partial charge in [-0.3, -0.25) is 9.69 Å². The third-order valence-corrected chi connectivity index (χ3v) is 4.47. The fourth-order valence-electron chi connectivity index (χ4n) is 3.01. The van der Waals surface area contributed by atoms with Crippen molar-refractivity contribution in [3.63, 3.8) is 0 Å². The molecule has 7 heteroatoms. The van der Waals surface area contributed by atoms with Gasteiger partial charge in [0.15, 0.2) is 12.4 Å². The van der Waals surface area contributed by atoms with Gasteiger partial charge in [-0.1, -0.05) is 29.8 Å². The quantitative estimate of drug-likeness (QED) is 0.911. The second-order valence-corrected chi connectivity index (χ2v) is 5.88. The van der Waals surface area contributed by atoms with Gasteiger partial charge in [-0.2, -0.15) is 0 Å². The van der Waals surface area contributed by atoms with Crippen LogP contribution in [0.3, 0.4) is 0 Å². The molecule has 0 unspecified atom stereocenters. The molecule has 2 rings (SSSR count). The highest BCUT2D eigenvalue weighted by Gasteiger charge is 2.48. The molecule has 124 valence electrons. The van der Waals surface area contributed by atoms with Crippen molar-refractivity contribution in [2.45, 2.75) is 31.2 Å². The summed E-state index contributed by atoms with van der Waals surface area (Å²) < 4.78 is 4.75. The Kier molecular flexibility index (Phi) is 5.26. The van der Waals surface area contributed by atoms with Gasteiger partial charge in [0.25, 0.3) is 0 Å². The topological polar surface area (TPSA) is 83.9 Å². The predicted octanol–water partition coefficient (Wildman–Crippen LogP) is 2.83. The number of carbonyl (C=O) groups excluding carboxylic acids is 2. The summed E-state index contributed by atoms with van der Waals surface area (Å²) in [6.45, 7) is -0.754. The van der Waals surface area contributed by atoms with Gasteiger partial charge in [-0.25, -0.2) is 9.59 Å². The molecule has 0 spiro atoms. The van der Waals surface area contributed by atoms with E-state index in [0.717, 1.165) is 12.8 Å². The largest absolute Gasteiger partial charge is 0.479 e. The van der Waals surface area contributed by atoms with Crippen LogP contribution in [0.2, 0.25) is 5.02 Å². The number of rotatable bonds is 4. The standard InChI is InChI=1S/C16H18ClNO5/c1-18(15(22)23-10-14(20)21)16(9-5-4-8-13(16)19)11-6-2-3-7-12(11)17/h2-3,6-7H,4-5,8-10H2,1H3,(H,20,21)/t16-/m0/s1. The number of carbonyl (C=O) groups is 3. The van der Waals surface area contributed by atoms with E-state index in [9.17, 15) is 14.4 Å². The summed E-state index contributed by atoms with van der Waals surface area (Å²) in [7, 11) is 1.44. The Hall–Kier alpha value is -2.08. The van der Waals surface area contributed by atoms with Crippen LogP contribution in [0.25, 0.3) is 0 Å². The number of ketones is 1. The van der Waals surface area contributed by atoms with Gasteiger partial charge in [-0.05, 0) is 25.3 Å². The summed E-state index contributed by atoms with van der Waals surface area (Å²) in [5.41, 5.74) is -0.673. The molecule has 1 amide bonds. The first-order chi connectivity index (χ1) is 10.9. The summed E-state index contributed by atoms with van der Waals surface area (Å²) in [5.74, 6) is -1.37. The lowest BCUT2D eigenvalue weighted by Gasteiger charge is -2.43. The van der Waals surface area contributed by atoms with Crippen LogP contribution in [0, 0.1) is 0 Å². The van der Waals surface area contributed by atoms with E-state index in [0.29, 0.717) is 23.4 Å². The molecule has 1 aromatic rings. The van der Waals surface area contributed by atoms with E-state index >= 15 is 0 Å². The van der Waals surface area contributed by atoms with Crippen LogP contribution in [-0.4, -0.2) is 41.5 Å². The zero-order chi connectivity index (χ0) is 17.0. The molecule has 1 aromatic carbocycles. The third-order valence-electron chi connectivity index (χ3n) is 4.14. The molecule has 0 radical (unpaired) electrons. The summed E-state index contributed by atoms with van der Waals surface area (Å²) >= 11 is 6.26. The molecule has 1 aliphatic rings. The first kappa shape index (κ1) is 17.3. The minimum absolute atomic E-state index is 0.119. The highest BCUT2D eigenvalue weighted by molar-refractivity contribution is 6.31. The molecule has 1 saturated carbocycles. The number of Topliss-reactive ketones (excluding diaryl/α,β-unsaturated/α-hetero) is 1. The molecule has 1 atom stereocenters. The van der Waals surface area contributed by atoms with Gasteiger partial charge in [0.2, 0.25) is 0 Å². The van der Waals surface area contributed by atoms with Crippen molar-refractivity contribution in [2.75, 3.05) is 13.7 Å². The SMILES string of the molecule is CN(C(=O)OCC(=O)O)[C@]1(c2ccccc2Cl)CCCCC1=O. The van der Waals surface area contributed by atoms with Gasteiger partial charge in [-0.15, -0.1) is 0 Å². The zero-order valence-corrected chi connectivity index (χ0v) is 13.5. The van der Waals surface area contributed by atoms with Crippen LogP contribution in [-0.2, 0) is 19.9 Å². The third kappa shape index (κ3) is 3.32.